The average Bonchev–Trinajstić information content (AvgIpc) is 2.72. The van der Waals surface area contributed by atoms with Crippen LogP contribution in [-0.4, -0.2) is 40.8 Å². The van der Waals surface area contributed by atoms with Crippen molar-refractivity contribution < 1.29 is 32.3 Å². The summed E-state index contributed by atoms with van der Waals surface area (Å²) in [4.78, 5) is 25.3. The van der Waals surface area contributed by atoms with Crippen LogP contribution in [0.5, 0.6) is 0 Å². The van der Waals surface area contributed by atoms with E-state index >= 15 is 0 Å². The number of anilines is 1. The van der Waals surface area contributed by atoms with E-state index in [0.29, 0.717) is 6.07 Å². The largest absolute Gasteiger partial charge is 0.481 e. The first kappa shape index (κ1) is 23.5. The molecule has 2 aromatic carbocycles. The minimum Gasteiger partial charge on any atom is -0.481 e. The number of carbonyl (C=O) groups excluding carboxylic acids is 1. The molecule has 1 aliphatic rings. The Kier molecular flexibility index (Phi) is 6.73. The standard InChI is InChI=1S/C21H18ClF4N3O3/c22-13-4-1-3-12(21(24,25)26)16(13)19(30)28-15-6-2-5-14(23)17(15)18(27)29-9-7-11(8-10-29)20(31)32/h1-6,11,27H,7-10H2,(H,28,30)(H,31,32). The third-order valence-electron chi connectivity index (χ3n) is 5.21. The normalized spacial score (nSPS) is 14.8. The molecular weight excluding hydrogens is 454 g/mol. The second-order valence-electron chi connectivity index (χ2n) is 7.22. The Morgan fingerprint density at radius 2 is 1.72 bits per heavy atom. The molecule has 0 unspecified atom stereocenters. The van der Waals surface area contributed by atoms with E-state index in [9.17, 15) is 27.2 Å². The number of carbonyl (C=O) groups is 2. The molecule has 0 atom stereocenters. The fourth-order valence-corrected chi connectivity index (χ4v) is 3.81. The van der Waals surface area contributed by atoms with E-state index in [0.717, 1.165) is 18.2 Å². The van der Waals surface area contributed by atoms with Crippen LogP contribution in [0.2, 0.25) is 5.02 Å². The van der Waals surface area contributed by atoms with Crippen LogP contribution in [0.15, 0.2) is 36.4 Å². The fourth-order valence-electron chi connectivity index (χ4n) is 3.55. The molecule has 0 bridgehead atoms. The summed E-state index contributed by atoms with van der Waals surface area (Å²) >= 11 is 5.86. The number of nitrogens with zero attached hydrogens (tertiary/aromatic N) is 1. The summed E-state index contributed by atoms with van der Waals surface area (Å²) in [6.07, 6.45) is -4.34. The molecule has 1 saturated heterocycles. The molecule has 1 heterocycles. The monoisotopic (exact) mass is 471 g/mol. The number of rotatable bonds is 4. The Balaban J connectivity index is 1.91. The van der Waals surface area contributed by atoms with Gasteiger partial charge in [0, 0.05) is 13.1 Å². The predicted molar refractivity (Wildman–Crippen MR) is 110 cm³/mol. The molecule has 170 valence electrons. The number of hydrogen-bond donors (Lipinski definition) is 3. The molecule has 0 aromatic heterocycles. The SMILES string of the molecule is N=C(c1c(F)cccc1NC(=O)c1c(Cl)cccc1C(F)(F)F)N1CCC(C(=O)O)CC1. The highest BCUT2D eigenvalue weighted by atomic mass is 35.5. The first-order valence-corrected chi connectivity index (χ1v) is 9.90. The van der Waals surface area contributed by atoms with Crippen LogP contribution in [0, 0.1) is 17.1 Å². The van der Waals surface area contributed by atoms with E-state index in [-0.39, 0.29) is 43.0 Å². The number of benzene rings is 2. The van der Waals surface area contributed by atoms with Gasteiger partial charge in [-0.05, 0) is 37.1 Å². The van der Waals surface area contributed by atoms with Crippen LogP contribution in [-0.2, 0) is 11.0 Å². The Hall–Kier alpha value is -3.14. The van der Waals surface area contributed by atoms with Crippen molar-refractivity contribution in [2.24, 2.45) is 5.92 Å². The Bertz CT molecular complexity index is 1070. The minimum absolute atomic E-state index is 0.181. The zero-order valence-corrected chi connectivity index (χ0v) is 17.2. The lowest BCUT2D eigenvalue weighted by Gasteiger charge is -2.32. The zero-order valence-electron chi connectivity index (χ0n) is 16.5. The Labute approximate surface area is 185 Å². The average molecular weight is 472 g/mol. The van der Waals surface area contributed by atoms with Crippen molar-refractivity contribution in [3.05, 3.63) is 63.9 Å². The molecule has 0 saturated carbocycles. The Morgan fingerprint density at radius 1 is 1.09 bits per heavy atom. The first-order chi connectivity index (χ1) is 15.0. The maximum Gasteiger partial charge on any atom is 0.417 e. The number of carboxylic acids is 1. The van der Waals surface area contributed by atoms with Crippen LogP contribution in [0.3, 0.4) is 0 Å². The zero-order chi connectivity index (χ0) is 23.6. The van der Waals surface area contributed by atoms with Gasteiger partial charge in [0.25, 0.3) is 5.91 Å². The number of amidine groups is 1. The van der Waals surface area contributed by atoms with Gasteiger partial charge in [-0.3, -0.25) is 15.0 Å². The quantitative estimate of drug-likeness (QED) is 0.337. The van der Waals surface area contributed by atoms with Gasteiger partial charge in [0.15, 0.2) is 0 Å². The molecule has 3 rings (SSSR count). The van der Waals surface area contributed by atoms with Crippen LogP contribution in [0.4, 0.5) is 23.2 Å². The Morgan fingerprint density at radius 3 is 2.31 bits per heavy atom. The first-order valence-electron chi connectivity index (χ1n) is 9.53. The second kappa shape index (κ2) is 9.15. The third-order valence-corrected chi connectivity index (χ3v) is 5.52. The number of carboxylic acid groups (broad SMARTS) is 1. The smallest absolute Gasteiger partial charge is 0.417 e. The molecule has 1 fully saturated rings. The molecule has 32 heavy (non-hydrogen) atoms. The van der Waals surface area contributed by atoms with Crippen molar-refractivity contribution in [2.75, 3.05) is 18.4 Å². The molecular formula is C21H18ClF4N3O3. The van der Waals surface area contributed by atoms with Crippen LogP contribution >= 0.6 is 11.6 Å². The molecule has 1 aliphatic heterocycles. The van der Waals surface area contributed by atoms with Crippen molar-refractivity contribution in [1.29, 1.82) is 5.41 Å². The third kappa shape index (κ3) is 4.85. The van der Waals surface area contributed by atoms with E-state index in [1.165, 1.54) is 17.0 Å². The van der Waals surface area contributed by atoms with Crippen molar-refractivity contribution in [3.63, 3.8) is 0 Å². The van der Waals surface area contributed by atoms with E-state index in [4.69, 9.17) is 22.1 Å². The predicted octanol–water partition coefficient (Wildman–Crippen LogP) is 4.87. The maximum atomic E-state index is 14.6. The lowest BCUT2D eigenvalue weighted by molar-refractivity contribution is -0.143. The molecule has 1 amide bonds. The topological polar surface area (TPSA) is 93.5 Å². The van der Waals surface area contributed by atoms with Gasteiger partial charge in [0.2, 0.25) is 0 Å². The van der Waals surface area contributed by atoms with Gasteiger partial charge in [0.1, 0.15) is 11.7 Å². The van der Waals surface area contributed by atoms with E-state index in [1.54, 1.807) is 0 Å². The van der Waals surface area contributed by atoms with E-state index in [1.807, 2.05) is 0 Å². The van der Waals surface area contributed by atoms with Gasteiger partial charge < -0.3 is 15.3 Å². The van der Waals surface area contributed by atoms with Gasteiger partial charge in [-0.25, -0.2) is 4.39 Å². The lowest BCUT2D eigenvalue weighted by Crippen LogP contribution is -2.41. The highest BCUT2D eigenvalue weighted by Crippen LogP contribution is 2.35. The summed E-state index contributed by atoms with van der Waals surface area (Å²) in [5, 5.41) is 19.3. The number of likely N-dealkylation sites (tertiary alicyclic amines) is 1. The van der Waals surface area contributed by atoms with Gasteiger partial charge in [-0.15, -0.1) is 0 Å². The van der Waals surface area contributed by atoms with Crippen molar-refractivity contribution in [3.8, 4) is 0 Å². The van der Waals surface area contributed by atoms with Crippen LogP contribution in [0.25, 0.3) is 0 Å². The number of aliphatic carboxylic acids is 1. The van der Waals surface area contributed by atoms with Gasteiger partial charge in [-0.1, -0.05) is 23.7 Å². The summed E-state index contributed by atoms with van der Waals surface area (Å²) in [5.74, 6) is -3.89. The number of alkyl halides is 3. The van der Waals surface area contributed by atoms with Crippen molar-refractivity contribution >= 4 is 35.0 Å². The van der Waals surface area contributed by atoms with Crippen LogP contribution < -0.4 is 5.32 Å². The van der Waals surface area contributed by atoms with Gasteiger partial charge in [0.05, 0.1) is 33.3 Å². The summed E-state index contributed by atoms with van der Waals surface area (Å²) in [6, 6.07) is 6.47. The molecule has 0 spiro atoms. The van der Waals surface area contributed by atoms with Gasteiger partial charge >= 0.3 is 12.1 Å². The summed E-state index contributed by atoms with van der Waals surface area (Å²) < 4.78 is 54.7. The number of nitrogens with one attached hydrogen (secondary N) is 2. The molecule has 0 aliphatic carbocycles. The highest BCUT2D eigenvalue weighted by molar-refractivity contribution is 6.34. The van der Waals surface area contributed by atoms with Gasteiger partial charge in [-0.2, -0.15) is 13.2 Å². The molecule has 3 N–H and O–H groups in total. The van der Waals surface area contributed by atoms with E-state index < -0.39 is 45.9 Å². The molecule has 6 nitrogen and oxygen atoms in total. The number of piperidine rings is 1. The highest BCUT2D eigenvalue weighted by Gasteiger charge is 2.36. The minimum atomic E-state index is -4.84. The summed E-state index contributed by atoms with van der Waals surface area (Å²) in [5.41, 5.74) is -2.57. The fraction of sp³-hybridized carbons (Fsp3) is 0.286. The van der Waals surface area contributed by atoms with Crippen LogP contribution in [0.1, 0.15) is 34.3 Å². The second-order valence-corrected chi connectivity index (χ2v) is 7.63. The van der Waals surface area contributed by atoms with Crippen molar-refractivity contribution in [2.45, 2.75) is 19.0 Å². The number of halogens is 5. The lowest BCUT2D eigenvalue weighted by atomic mass is 9.96. The molecule has 0 radical (unpaired) electrons. The summed E-state index contributed by atoms with van der Waals surface area (Å²) in [6.45, 7) is 0.362. The van der Waals surface area contributed by atoms with Crippen molar-refractivity contribution in [1.82, 2.24) is 4.90 Å². The molecule has 2 aromatic rings. The number of amides is 1. The maximum absolute atomic E-state index is 14.6. The van der Waals surface area contributed by atoms with E-state index in [2.05, 4.69) is 5.32 Å². The molecule has 11 heteroatoms. The number of hydrogen-bond acceptors (Lipinski definition) is 3. The summed E-state index contributed by atoms with van der Waals surface area (Å²) in [7, 11) is 0.